The first-order valence-electron chi connectivity index (χ1n) is 9.26. The van der Waals surface area contributed by atoms with Crippen LogP contribution in [0.25, 0.3) is 0 Å². The molecule has 2 bridgehead atoms. The van der Waals surface area contributed by atoms with Gasteiger partial charge >= 0.3 is 0 Å². The minimum atomic E-state index is 0.726. The maximum Gasteiger partial charge on any atom is 0.0312 e. The average molecular weight is 321 g/mol. The fourth-order valence-electron chi connectivity index (χ4n) is 4.35. The highest BCUT2D eigenvalue weighted by Crippen LogP contribution is 2.28. The number of nitrogens with zero attached hydrogens (tertiary/aromatic N) is 3. The second kappa shape index (κ2) is 7.45. The highest BCUT2D eigenvalue weighted by atomic mass is 15.3. The molecule has 1 aromatic heterocycles. The van der Waals surface area contributed by atoms with E-state index in [0.717, 1.165) is 18.5 Å². The molecule has 1 aromatic carbocycles. The van der Waals surface area contributed by atoms with Gasteiger partial charge in [-0.1, -0.05) is 36.4 Å². The van der Waals surface area contributed by atoms with Crippen molar-refractivity contribution in [1.82, 2.24) is 14.8 Å². The van der Waals surface area contributed by atoms with Crippen molar-refractivity contribution in [3.63, 3.8) is 0 Å². The molecule has 0 aliphatic carbocycles. The molecule has 4 heterocycles. The molecule has 24 heavy (non-hydrogen) atoms. The van der Waals surface area contributed by atoms with Gasteiger partial charge in [0.15, 0.2) is 0 Å². The van der Waals surface area contributed by atoms with Crippen LogP contribution in [0.4, 0.5) is 0 Å². The fraction of sp³-hybridized carbons (Fsp3) is 0.476. The van der Waals surface area contributed by atoms with Crippen LogP contribution in [0, 0.1) is 5.92 Å². The van der Waals surface area contributed by atoms with Crippen molar-refractivity contribution in [2.24, 2.45) is 5.92 Å². The molecule has 3 fully saturated rings. The topological polar surface area (TPSA) is 19.4 Å². The summed E-state index contributed by atoms with van der Waals surface area (Å²) < 4.78 is 0. The van der Waals surface area contributed by atoms with Crippen molar-refractivity contribution < 1.29 is 0 Å². The van der Waals surface area contributed by atoms with Gasteiger partial charge in [0.05, 0.1) is 0 Å². The summed E-state index contributed by atoms with van der Waals surface area (Å²) in [6.07, 6.45) is 7.81. The van der Waals surface area contributed by atoms with Crippen LogP contribution < -0.4 is 0 Å². The number of hydrogen-bond acceptors (Lipinski definition) is 3. The Morgan fingerprint density at radius 3 is 2.62 bits per heavy atom. The molecule has 0 saturated carbocycles. The number of piperidine rings is 1. The van der Waals surface area contributed by atoms with Crippen LogP contribution in [0.1, 0.15) is 24.0 Å². The van der Waals surface area contributed by atoms with Crippen molar-refractivity contribution >= 4 is 0 Å². The summed E-state index contributed by atoms with van der Waals surface area (Å²) in [5.74, 6) is 0.830. The molecule has 126 valence electrons. The maximum absolute atomic E-state index is 4.27. The maximum atomic E-state index is 4.27. The third kappa shape index (κ3) is 3.85. The van der Waals surface area contributed by atoms with Gasteiger partial charge < -0.3 is 0 Å². The number of hydrogen-bond donors (Lipinski definition) is 0. The molecule has 2 atom stereocenters. The molecule has 3 heteroatoms. The molecule has 2 aromatic rings. The van der Waals surface area contributed by atoms with Gasteiger partial charge in [-0.3, -0.25) is 14.8 Å². The average Bonchev–Trinajstić information content (AvgIpc) is 2.92. The zero-order chi connectivity index (χ0) is 16.2. The lowest BCUT2D eigenvalue weighted by molar-refractivity contribution is 0.132. The predicted molar refractivity (Wildman–Crippen MR) is 97.7 cm³/mol. The van der Waals surface area contributed by atoms with Gasteiger partial charge in [-0.15, -0.1) is 0 Å². The Hall–Kier alpha value is -1.71. The first kappa shape index (κ1) is 15.8. The lowest BCUT2D eigenvalue weighted by Gasteiger charge is -2.36. The molecule has 0 N–H and O–H groups in total. The molecule has 3 nitrogen and oxygen atoms in total. The zero-order valence-corrected chi connectivity index (χ0v) is 14.3. The molecule has 3 aliphatic rings. The predicted octanol–water partition coefficient (Wildman–Crippen LogP) is 3.22. The minimum Gasteiger partial charge on any atom is -0.298 e. The van der Waals surface area contributed by atoms with Crippen LogP contribution in [0.2, 0.25) is 0 Å². The highest BCUT2D eigenvalue weighted by molar-refractivity contribution is 5.15. The number of rotatable bonds is 5. The molecule has 0 spiro atoms. The Morgan fingerprint density at radius 2 is 1.79 bits per heavy atom. The SMILES string of the molecule is c1ccc(CCN2C[C@H]3CC[C@@H]2CN(Cc2cccnc2)C3)cc1. The zero-order valence-electron chi connectivity index (χ0n) is 14.3. The quantitative estimate of drug-likeness (QED) is 0.843. The Bertz CT molecular complexity index is 628. The molecule has 5 rings (SSSR count). The molecule has 3 aliphatic heterocycles. The molecule has 0 amide bonds. The van der Waals surface area contributed by atoms with E-state index in [-0.39, 0.29) is 0 Å². The second-order valence-electron chi connectivity index (χ2n) is 7.38. The first-order valence-corrected chi connectivity index (χ1v) is 9.26. The van der Waals surface area contributed by atoms with E-state index in [0.29, 0.717) is 0 Å². The lowest BCUT2D eigenvalue weighted by Crippen LogP contribution is -2.44. The van der Waals surface area contributed by atoms with Gasteiger partial charge in [-0.05, 0) is 42.4 Å². The summed E-state index contributed by atoms with van der Waals surface area (Å²) in [6, 6.07) is 15.9. The molecule has 0 unspecified atom stereocenters. The summed E-state index contributed by atoms with van der Waals surface area (Å²) in [4.78, 5) is 9.68. The number of pyridine rings is 1. The van der Waals surface area contributed by atoms with E-state index in [1.165, 1.54) is 56.6 Å². The Kier molecular flexibility index (Phi) is 4.91. The van der Waals surface area contributed by atoms with Gasteiger partial charge in [-0.2, -0.15) is 0 Å². The third-order valence-corrected chi connectivity index (χ3v) is 5.56. The van der Waals surface area contributed by atoms with Crippen molar-refractivity contribution in [2.75, 3.05) is 26.2 Å². The summed E-state index contributed by atoms with van der Waals surface area (Å²) in [6.45, 7) is 5.98. The Balaban J connectivity index is 1.37. The molecular formula is C21H27N3. The second-order valence-corrected chi connectivity index (χ2v) is 7.38. The Morgan fingerprint density at radius 1 is 0.917 bits per heavy atom. The van der Waals surface area contributed by atoms with Crippen LogP contribution in [0.3, 0.4) is 0 Å². The van der Waals surface area contributed by atoms with Gasteiger partial charge in [0.25, 0.3) is 0 Å². The van der Waals surface area contributed by atoms with Crippen molar-refractivity contribution in [3.8, 4) is 0 Å². The van der Waals surface area contributed by atoms with Crippen LogP contribution in [-0.4, -0.2) is 47.0 Å². The number of fused-ring (bicyclic) bond motifs is 4. The molecule has 3 saturated heterocycles. The smallest absolute Gasteiger partial charge is 0.0312 e. The van der Waals surface area contributed by atoms with Crippen LogP contribution in [0.5, 0.6) is 0 Å². The third-order valence-electron chi connectivity index (χ3n) is 5.56. The van der Waals surface area contributed by atoms with E-state index in [2.05, 4.69) is 51.2 Å². The van der Waals surface area contributed by atoms with Crippen LogP contribution in [-0.2, 0) is 13.0 Å². The largest absolute Gasteiger partial charge is 0.298 e. The molecular weight excluding hydrogens is 294 g/mol. The van der Waals surface area contributed by atoms with Gasteiger partial charge in [-0.25, -0.2) is 0 Å². The van der Waals surface area contributed by atoms with Crippen molar-refractivity contribution in [3.05, 3.63) is 66.0 Å². The number of benzene rings is 1. The minimum absolute atomic E-state index is 0.726. The monoisotopic (exact) mass is 321 g/mol. The van der Waals surface area contributed by atoms with Gasteiger partial charge in [0.1, 0.15) is 0 Å². The van der Waals surface area contributed by atoms with E-state index in [9.17, 15) is 0 Å². The normalized spacial score (nSPS) is 24.8. The highest BCUT2D eigenvalue weighted by Gasteiger charge is 2.34. The van der Waals surface area contributed by atoms with Gasteiger partial charge in [0.2, 0.25) is 0 Å². The standard InChI is InChI=1S/C21H27N3/c1-2-5-18(6-3-1)10-12-24-16-20-8-9-21(24)17-23(15-20)14-19-7-4-11-22-13-19/h1-7,11,13,20-21H,8-10,12,14-17H2/t20-,21+/m0/s1. The van der Waals surface area contributed by atoms with E-state index in [4.69, 9.17) is 0 Å². The van der Waals surface area contributed by atoms with Gasteiger partial charge in [0, 0.05) is 51.2 Å². The molecule has 0 radical (unpaired) electrons. The van der Waals surface area contributed by atoms with Crippen molar-refractivity contribution in [2.45, 2.75) is 31.8 Å². The van der Waals surface area contributed by atoms with E-state index < -0.39 is 0 Å². The van der Waals surface area contributed by atoms with E-state index in [1.807, 2.05) is 18.5 Å². The van der Waals surface area contributed by atoms with Crippen LogP contribution in [0.15, 0.2) is 54.9 Å². The lowest BCUT2D eigenvalue weighted by atomic mass is 9.94. The summed E-state index contributed by atoms with van der Waals surface area (Å²) in [5, 5.41) is 0. The number of aromatic nitrogens is 1. The summed E-state index contributed by atoms with van der Waals surface area (Å²) in [7, 11) is 0. The fourth-order valence-corrected chi connectivity index (χ4v) is 4.35. The summed E-state index contributed by atoms with van der Waals surface area (Å²) >= 11 is 0. The van der Waals surface area contributed by atoms with E-state index in [1.54, 1.807) is 0 Å². The van der Waals surface area contributed by atoms with Crippen molar-refractivity contribution in [1.29, 1.82) is 0 Å². The summed E-state index contributed by atoms with van der Waals surface area (Å²) in [5.41, 5.74) is 2.81. The first-order chi connectivity index (χ1) is 11.9. The van der Waals surface area contributed by atoms with Crippen LogP contribution >= 0.6 is 0 Å². The Labute approximate surface area is 145 Å². The van der Waals surface area contributed by atoms with E-state index >= 15 is 0 Å².